The molecule has 2 heteroatoms. The van der Waals surface area contributed by atoms with Crippen molar-refractivity contribution >= 4 is 0 Å². The van der Waals surface area contributed by atoms with Gasteiger partial charge in [-0.15, -0.1) is 0 Å². The van der Waals surface area contributed by atoms with Crippen LogP contribution in [-0.4, -0.2) is 17.8 Å². The van der Waals surface area contributed by atoms with Crippen molar-refractivity contribution in [3.8, 4) is 0 Å². The predicted molar refractivity (Wildman–Crippen MR) is 90.6 cm³/mol. The number of aliphatic hydroxyl groups excluding tert-OH is 1. The molecule has 2 nitrogen and oxygen atoms in total. The molecule has 1 N–H and O–H groups in total. The van der Waals surface area contributed by atoms with Crippen LogP contribution < -0.4 is 0 Å². The molecule has 0 bridgehead atoms. The van der Waals surface area contributed by atoms with Crippen molar-refractivity contribution < 1.29 is 9.84 Å². The largest absolute Gasteiger partial charge is 0.396 e. The summed E-state index contributed by atoms with van der Waals surface area (Å²) in [5.74, 6) is 0.457. The molecule has 0 amide bonds. The molecule has 0 saturated heterocycles. The van der Waals surface area contributed by atoms with E-state index in [1.807, 2.05) is 24.3 Å². The molecule has 0 aliphatic heterocycles. The van der Waals surface area contributed by atoms with E-state index in [2.05, 4.69) is 43.3 Å². The Kier molecular flexibility index (Phi) is 7.14. The highest BCUT2D eigenvalue weighted by Gasteiger charge is 2.14. The van der Waals surface area contributed by atoms with Crippen LogP contribution in [0.3, 0.4) is 0 Å². The molecular weight excluding hydrogens is 272 g/mol. The van der Waals surface area contributed by atoms with Gasteiger partial charge in [0, 0.05) is 6.61 Å². The van der Waals surface area contributed by atoms with Gasteiger partial charge in [-0.05, 0) is 43.2 Å². The molecule has 0 saturated carbocycles. The second-order valence-corrected chi connectivity index (χ2v) is 5.91. The minimum Gasteiger partial charge on any atom is -0.396 e. The van der Waals surface area contributed by atoms with Crippen molar-refractivity contribution in [2.24, 2.45) is 5.92 Å². The Morgan fingerprint density at radius 3 is 2.09 bits per heavy atom. The minimum atomic E-state index is 0.195. The van der Waals surface area contributed by atoms with Gasteiger partial charge in [0.25, 0.3) is 0 Å². The normalized spacial score (nSPS) is 13.7. The Balaban J connectivity index is 1.81. The monoisotopic (exact) mass is 298 g/mol. The van der Waals surface area contributed by atoms with Crippen LogP contribution in [0.5, 0.6) is 0 Å². The maximum atomic E-state index is 9.29. The van der Waals surface area contributed by atoms with E-state index in [9.17, 15) is 5.11 Å². The van der Waals surface area contributed by atoms with Crippen LogP contribution in [0.2, 0.25) is 0 Å². The zero-order valence-electron chi connectivity index (χ0n) is 13.3. The van der Waals surface area contributed by atoms with E-state index in [-0.39, 0.29) is 12.7 Å². The first-order chi connectivity index (χ1) is 10.8. The summed E-state index contributed by atoms with van der Waals surface area (Å²) in [6.45, 7) is 3.01. The first kappa shape index (κ1) is 16.7. The molecule has 1 unspecified atom stereocenters. The highest BCUT2D eigenvalue weighted by Crippen LogP contribution is 2.19. The zero-order valence-corrected chi connectivity index (χ0v) is 13.3. The topological polar surface area (TPSA) is 29.5 Å². The van der Waals surface area contributed by atoms with E-state index in [4.69, 9.17) is 4.74 Å². The lowest BCUT2D eigenvalue weighted by Gasteiger charge is -2.21. The van der Waals surface area contributed by atoms with Crippen molar-refractivity contribution in [2.45, 2.75) is 38.9 Å². The smallest absolute Gasteiger partial charge is 0.0720 e. The molecule has 22 heavy (non-hydrogen) atoms. The third kappa shape index (κ3) is 6.00. The second-order valence-electron chi connectivity index (χ2n) is 5.91. The van der Waals surface area contributed by atoms with Crippen LogP contribution in [0.4, 0.5) is 0 Å². The van der Waals surface area contributed by atoms with Gasteiger partial charge in [-0.1, -0.05) is 60.7 Å². The van der Waals surface area contributed by atoms with E-state index in [1.54, 1.807) is 0 Å². The van der Waals surface area contributed by atoms with E-state index >= 15 is 0 Å². The summed E-state index contributed by atoms with van der Waals surface area (Å²) in [7, 11) is 0. The van der Waals surface area contributed by atoms with Gasteiger partial charge >= 0.3 is 0 Å². The lowest BCUT2D eigenvalue weighted by Crippen LogP contribution is -2.17. The van der Waals surface area contributed by atoms with Crippen LogP contribution in [0.15, 0.2) is 60.7 Å². The first-order valence-corrected chi connectivity index (χ1v) is 8.08. The number of rotatable bonds is 9. The molecule has 2 aromatic carbocycles. The lowest BCUT2D eigenvalue weighted by molar-refractivity contribution is 0.0338. The second kappa shape index (κ2) is 9.39. The van der Waals surface area contributed by atoms with E-state index in [1.165, 1.54) is 11.1 Å². The maximum Gasteiger partial charge on any atom is 0.0720 e. The average molecular weight is 298 g/mol. The highest BCUT2D eigenvalue weighted by atomic mass is 16.5. The molecule has 118 valence electrons. The van der Waals surface area contributed by atoms with Crippen LogP contribution in [0, 0.1) is 5.92 Å². The summed E-state index contributed by atoms with van der Waals surface area (Å²) >= 11 is 0. The number of hydrogen-bond donors (Lipinski definition) is 1. The quantitative estimate of drug-likeness (QED) is 0.751. The van der Waals surface area contributed by atoms with Crippen LogP contribution in [0.25, 0.3) is 0 Å². The van der Waals surface area contributed by atoms with Gasteiger partial charge in [-0.3, -0.25) is 0 Å². The summed E-state index contributed by atoms with van der Waals surface area (Å²) in [6, 6.07) is 20.7. The van der Waals surface area contributed by atoms with Gasteiger partial charge in [0.1, 0.15) is 0 Å². The van der Waals surface area contributed by atoms with Crippen LogP contribution in [-0.2, 0) is 17.8 Å². The van der Waals surface area contributed by atoms with Crippen molar-refractivity contribution in [3.63, 3.8) is 0 Å². The number of hydrogen-bond acceptors (Lipinski definition) is 2. The SMILES string of the molecule is C[C@@H](CC(CCO)Cc1ccccc1)OCc1ccccc1. The fourth-order valence-corrected chi connectivity index (χ4v) is 2.78. The van der Waals surface area contributed by atoms with Crippen molar-refractivity contribution in [1.82, 2.24) is 0 Å². The first-order valence-electron chi connectivity index (χ1n) is 8.08. The van der Waals surface area contributed by atoms with Gasteiger partial charge in [0.05, 0.1) is 12.7 Å². The van der Waals surface area contributed by atoms with Gasteiger partial charge in [-0.2, -0.15) is 0 Å². The molecule has 0 aliphatic rings. The third-order valence-electron chi connectivity index (χ3n) is 3.95. The minimum absolute atomic E-state index is 0.195. The van der Waals surface area contributed by atoms with Gasteiger partial charge in [0.2, 0.25) is 0 Å². The molecule has 0 heterocycles. The standard InChI is InChI=1S/C20H26O2/c1-17(22-16-19-10-6-3-7-11-19)14-20(12-13-21)15-18-8-4-2-5-9-18/h2-11,17,20-21H,12-16H2,1H3/t17-,20?/m0/s1. The summed E-state index contributed by atoms with van der Waals surface area (Å²) < 4.78 is 5.96. The van der Waals surface area contributed by atoms with Gasteiger partial charge in [0.15, 0.2) is 0 Å². The number of ether oxygens (including phenoxy) is 1. The molecule has 0 aliphatic carbocycles. The predicted octanol–water partition coefficient (Wildman–Crippen LogP) is 4.22. The molecule has 0 fully saturated rings. The number of benzene rings is 2. The van der Waals surface area contributed by atoms with Crippen molar-refractivity contribution in [3.05, 3.63) is 71.8 Å². The van der Waals surface area contributed by atoms with Crippen molar-refractivity contribution in [2.75, 3.05) is 6.61 Å². The molecule has 2 aromatic rings. The third-order valence-corrected chi connectivity index (χ3v) is 3.95. The molecule has 2 atom stereocenters. The van der Waals surface area contributed by atoms with Crippen LogP contribution in [0.1, 0.15) is 30.9 Å². The fourth-order valence-electron chi connectivity index (χ4n) is 2.78. The molecule has 0 radical (unpaired) electrons. The summed E-state index contributed by atoms with van der Waals surface area (Å²) in [5.41, 5.74) is 2.53. The zero-order chi connectivity index (χ0) is 15.6. The number of aliphatic hydroxyl groups is 1. The Bertz CT molecular complexity index is 510. The fraction of sp³-hybridized carbons (Fsp3) is 0.400. The van der Waals surface area contributed by atoms with E-state index in [0.717, 1.165) is 19.3 Å². The van der Waals surface area contributed by atoms with Gasteiger partial charge in [-0.25, -0.2) is 0 Å². The van der Waals surface area contributed by atoms with Gasteiger partial charge < -0.3 is 9.84 Å². The lowest BCUT2D eigenvalue weighted by atomic mass is 9.91. The Morgan fingerprint density at radius 2 is 1.50 bits per heavy atom. The molecule has 0 spiro atoms. The van der Waals surface area contributed by atoms with Crippen molar-refractivity contribution in [1.29, 1.82) is 0 Å². The summed E-state index contributed by atoms with van der Waals surface area (Å²) in [5, 5.41) is 9.29. The summed E-state index contributed by atoms with van der Waals surface area (Å²) in [6.07, 6.45) is 3.00. The Hall–Kier alpha value is -1.64. The molecular formula is C20H26O2. The summed E-state index contributed by atoms with van der Waals surface area (Å²) in [4.78, 5) is 0. The van der Waals surface area contributed by atoms with Crippen LogP contribution >= 0.6 is 0 Å². The molecule has 0 aromatic heterocycles. The average Bonchev–Trinajstić information content (AvgIpc) is 2.55. The Morgan fingerprint density at radius 1 is 0.909 bits per heavy atom. The molecule has 2 rings (SSSR count). The Labute approximate surface area is 133 Å². The maximum absolute atomic E-state index is 9.29. The van der Waals surface area contributed by atoms with E-state index < -0.39 is 0 Å². The van der Waals surface area contributed by atoms with E-state index in [0.29, 0.717) is 12.5 Å². The highest BCUT2D eigenvalue weighted by molar-refractivity contribution is 5.15.